The lowest BCUT2D eigenvalue weighted by Gasteiger charge is -2.05. The van der Waals surface area contributed by atoms with Crippen molar-refractivity contribution in [2.45, 2.75) is 33.6 Å². The largest absolute Gasteiger partial charge is 0.477 e. The van der Waals surface area contributed by atoms with E-state index in [1.54, 1.807) is 19.2 Å². The first-order valence-corrected chi connectivity index (χ1v) is 9.68. The van der Waals surface area contributed by atoms with Crippen LogP contribution < -0.4 is 16.0 Å². The second-order valence-electron chi connectivity index (χ2n) is 5.55. The van der Waals surface area contributed by atoms with Crippen LogP contribution in [0.15, 0.2) is 5.38 Å². The Labute approximate surface area is 158 Å². The zero-order valence-corrected chi connectivity index (χ0v) is 16.3. The Balaban J connectivity index is 2.09. The van der Waals surface area contributed by atoms with Crippen molar-refractivity contribution >= 4 is 51.4 Å². The number of hydrogen-bond acceptors (Lipinski definition) is 6. The van der Waals surface area contributed by atoms with Gasteiger partial charge in [-0.1, -0.05) is 24.7 Å². The fraction of sp³-hybridized carbons (Fsp3) is 0.375. The first kappa shape index (κ1) is 19.9. The highest BCUT2D eigenvalue weighted by atomic mass is 32.1. The van der Waals surface area contributed by atoms with Gasteiger partial charge < -0.3 is 15.7 Å². The molecule has 26 heavy (non-hydrogen) atoms. The molecular weight excluding hydrogens is 376 g/mol. The Kier molecular flexibility index (Phi) is 6.70. The summed E-state index contributed by atoms with van der Waals surface area (Å²) in [4.78, 5) is 40.1. The van der Waals surface area contributed by atoms with Gasteiger partial charge in [0.2, 0.25) is 0 Å². The Morgan fingerprint density at radius 3 is 2.58 bits per heavy atom. The number of carbonyl (C=O) groups is 3. The molecule has 0 saturated heterocycles. The highest BCUT2D eigenvalue weighted by Gasteiger charge is 2.21. The SMILES string of the molecule is CCCCNC(=O)Nc1nc(C)c(C(=O)Nc2c(C)csc2C(=O)O)s1. The van der Waals surface area contributed by atoms with Crippen LogP contribution in [0.25, 0.3) is 0 Å². The number of aromatic nitrogens is 1. The van der Waals surface area contributed by atoms with Crippen LogP contribution in [0.3, 0.4) is 0 Å². The summed E-state index contributed by atoms with van der Waals surface area (Å²) in [6.45, 7) is 5.98. The second-order valence-corrected chi connectivity index (χ2v) is 7.43. The summed E-state index contributed by atoms with van der Waals surface area (Å²) in [6.07, 6.45) is 1.85. The zero-order valence-electron chi connectivity index (χ0n) is 14.6. The molecule has 0 fully saturated rings. The lowest BCUT2D eigenvalue weighted by atomic mass is 10.2. The van der Waals surface area contributed by atoms with Crippen LogP contribution in [0.1, 0.15) is 50.4 Å². The maximum Gasteiger partial charge on any atom is 0.348 e. The minimum absolute atomic E-state index is 0.0756. The van der Waals surface area contributed by atoms with E-state index in [2.05, 4.69) is 20.9 Å². The summed E-state index contributed by atoms with van der Waals surface area (Å²) in [5, 5.41) is 19.1. The van der Waals surface area contributed by atoms with E-state index >= 15 is 0 Å². The van der Waals surface area contributed by atoms with Crippen LogP contribution in [0.5, 0.6) is 0 Å². The standard InChI is InChI=1S/C16H20N4O4S2/c1-4-5-6-17-15(24)20-16-18-9(3)11(26-16)13(21)19-10-8(2)7-25-12(10)14(22)23/h7H,4-6H2,1-3H3,(H,19,21)(H,22,23)(H2,17,18,20,24). The van der Waals surface area contributed by atoms with E-state index in [4.69, 9.17) is 0 Å². The number of hydrogen-bond donors (Lipinski definition) is 4. The minimum Gasteiger partial charge on any atom is -0.477 e. The summed E-state index contributed by atoms with van der Waals surface area (Å²) in [7, 11) is 0. The van der Waals surface area contributed by atoms with Gasteiger partial charge in [0.05, 0.1) is 11.4 Å². The number of thiazole rings is 1. The number of carboxylic acids is 1. The number of carboxylic acid groups (broad SMARTS) is 1. The van der Waals surface area contributed by atoms with Crippen molar-refractivity contribution in [3.63, 3.8) is 0 Å². The number of aromatic carboxylic acids is 1. The topological polar surface area (TPSA) is 120 Å². The maximum atomic E-state index is 12.5. The number of nitrogens with zero attached hydrogens (tertiary/aromatic N) is 1. The van der Waals surface area contributed by atoms with E-state index in [9.17, 15) is 19.5 Å². The van der Waals surface area contributed by atoms with Gasteiger partial charge in [0, 0.05) is 6.54 Å². The van der Waals surface area contributed by atoms with E-state index in [-0.39, 0.29) is 16.6 Å². The molecule has 0 unspecified atom stereocenters. The third-order valence-corrected chi connectivity index (χ3v) is 5.60. The fourth-order valence-electron chi connectivity index (χ4n) is 2.11. The summed E-state index contributed by atoms with van der Waals surface area (Å²) in [5.41, 5.74) is 1.42. The molecule has 140 valence electrons. The van der Waals surface area contributed by atoms with Crippen molar-refractivity contribution < 1.29 is 19.5 Å². The minimum atomic E-state index is -1.09. The molecule has 4 N–H and O–H groups in total. The van der Waals surface area contributed by atoms with Gasteiger partial charge in [0.25, 0.3) is 5.91 Å². The molecule has 0 saturated carbocycles. The molecule has 3 amide bonds. The van der Waals surface area contributed by atoms with Crippen molar-refractivity contribution in [2.24, 2.45) is 0 Å². The number of unbranched alkanes of at least 4 members (excludes halogenated alkanes) is 1. The average Bonchev–Trinajstić information content (AvgIpc) is 3.11. The fourth-order valence-corrected chi connectivity index (χ4v) is 3.81. The number of anilines is 2. The Morgan fingerprint density at radius 1 is 1.19 bits per heavy atom. The van der Waals surface area contributed by atoms with E-state index in [1.807, 2.05) is 6.92 Å². The molecule has 2 aromatic heterocycles. The van der Waals surface area contributed by atoms with Crippen molar-refractivity contribution in [1.29, 1.82) is 0 Å². The van der Waals surface area contributed by atoms with E-state index in [0.717, 1.165) is 35.5 Å². The number of aryl methyl sites for hydroxylation is 2. The Bertz CT molecular complexity index is 828. The molecule has 0 atom stereocenters. The predicted molar refractivity (Wildman–Crippen MR) is 103 cm³/mol. The van der Waals surface area contributed by atoms with E-state index in [0.29, 0.717) is 27.8 Å². The second kappa shape index (κ2) is 8.77. The lowest BCUT2D eigenvalue weighted by molar-refractivity contribution is 0.0703. The van der Waals surface area contributed by atoms with Crippen molar-refractivity contribution in [2.75, 3.05) is 17.2 Å². The molecule has 2 heterocycles. The smallest absolute Gasteiger partial charge is 0.348 e. The van der Waals surface area contributed by atoms with Gasteiger partial charge in [0.15, 0.2) is 5.13 Å². The van der Waals surface area contributed by atoms with Gasteiger partial charge in [-0.2, -0.15) is 0 Å². The van der Waals surface area contributed by atoms with Gasteiger partial charge in [0.1, 0.15) is 9.75 Å². The predicted octanol–water partition coefficient (Wildman–Crippen LogP) is 3.69. The first-order valence-electron chi connectivity index (χ1n) is 7.98. The molecule has 8 nitrogen and oxygen atoms in total. The van der Waals surface area contributed by atoms with Crippen molar-refractivity contribution in [3.8, 4) is 0 Å². The number of carbonyl (C=O) groups excluding carboxylic acids is 2. The third kappa shape index (κ3) is 4.79. The van der Waals surface area contributed by atoms with Gasteiger partial charge in [-0.25, -0.2) is 14.6 Å². The van der Waals surface area contributed by atoms with Crippen LogP contribution in [-0.4, -0.2) is 34.5 Å². The molecule has 2 rings (SSSR count). The molecule has 0 aliphatic carbocycles. The maximum absolute atomic E-state index is 12.5. The lowest BCUT2D eigenvalue weighted by Crippen LogP contribution is -2.29. The highest BCUT2D eigenvalue weighted by molar-refractivity contribution is 7.18. The molecule has 10 heteroatoms. The zero-order chi connectivity index (χ0) is 19.3. The molecule has 0 bridgehead atoms. The normalized spacial score (nSPS) is 10.4. The Hall–Kier alpha value is -2.46. The monoisotopic (exact) mass is 396 g/mol. The third-order valence-electron chi connectivity index (χ3n) is 3.45. The van der Waals surface area contributed by atoms with E-state index in [1.165, 1.54) is 0 Å². The first-order chi connectivity index (χ1) is 12.3. The Morgan fingerprint density at radius 2 is 1.92 bits per heavy atom. The van der Waals surface area contributed by atoms with Gasteiger partial charge in [-0.3, -0.25) is 10.1 Å². The molecule has 0 radical (unpaired) electrons. The van der Waals surface area contributed by atoms with Crippen LogP contribution in [0, 0.1) is 13.8 Å². The highest BCUT2D eigenvalue weighted by Crippen LogP contribution is 2.30. The molecule has 0 aromatic carbocycles. The van der Waals surface area contributed by atoms with Crippen LogP contribution in [0.2, 0.25) is 0 Å². The van der Waals surface area contributed by atoms with Gasteiger partial charge >= 0.3 is 12.0 Å². The number of urea groups is 1. The van der Waals surface area contributed by atoms with Crippen LogP contribution >= 0.6 is 22.7 Å². The molecule has 2 aromatic rings. The van der Waals surface area contributed by atoms with Gasteiger partial charge in [-0.05, 0) is 31.2 Å². The number of nitrogens with one attached hydrogen (secondary N) is 3. The summed E-state index contributed by atoms with van der Waals surface area (Å²) in [5.74, 6) is -1.55. The number of rotatable bonds is 7. The molecule has 0 aliphatic heterocycles. The summed E-state index contributed by atoms with van der Waals surface area (Å²) >= 11 is 2.09. The van der Waals surface area contributed by atoms with Crippen LogP contribution in [0.4, 0.5) is 15.6 Å². The quantitative estimate of drug-likeness (QED) is 0.532. The average molecular weight is 396 g/mol. The van der Waals surface area contributed by atoms with Gasteiger partial charge in [-0.15, -0.1) is 11.3 Å². The number of amides is 3. The van der Waals surface area contributed by atoms with Crippen LogP contribution in [-0.2, 0) is 0 Å². The van der Waals surface area contributed by atoms with Crippen molar-refractivity contribution in [1.82, 2.24) is 10.3 Å². The molecule has 0 aliphatic rings. The van der Waals surface area contributed by atoms with Crippen molar-refractivity contribution in [3.05, 3.63) is 26.4 Å². The summed E-state index contributed by atoms with van der Waals surface area (Å²) < 4.78 is 0. The van der Waals surface area contributed by atoms with E-state index < -0.39 is 11.9 Å². The number of thiophene rings is 1. The molecular formula is C16H20N4O4S2. The summed E-state index contributed by atoms with van der Waals surface area (Å²) in [6, 6.07) is -0.374. The molecule has 0 spiro atoms.